The van der Waals surface area contributed by atoms with E-state index in [-0.39, 0.29) is 0 Å². The number of hydrogen-bond donors (Lipinski definition) is 0. The molecule has 0 radical (unpaired) electrons. The molecule has 1 aliphatic rings. The van der Waals surface area contributed by atoms with Gasteiger partial charge in [0, 0.05) is 23.3 Å². The van der Waals surface area contributed by atoms with Crippen LogP contribution in [0.1, 0.15) is 18.4 Å². The van der Waals surface area contributed by atoms with Gasteiger partial charge in [0.25, 0.3) is 0 Å². The Hall–Kier alpha value is -0.760. The third-order valence-corrected chi connectivity index (χ3v) is 3.14. The Labute approximate surface area is 93.6 Å². The minimum absolute atomic E-state index is 1.12. The number of likely N-dealkylation sites (tertiary alicyclic amines) is 1. The van der Waals surface area contributed by atoms with Crippen molar-refractivity contribution in [2.45, 2.75) is 12.8 Å². The van der Waals surface area contributed by atoms with E-state index in [0.29, 0.717) is 0 Å². The average molecular weight is 252 g/mol. The third-order valence-electron chi connectivity index (χ3n) is 2.65. The van der Waals surface area contributed by atoms with E-state index < -0.39 is 0 Å². The lowest BCUT2D eigenvalue weighted by Gasteiger charge is -2.20. The Morgan fingerprint density at radius 3 is 2.64 bits per heavy atom. The summed E-state index contributed by atoms with van der Waals surface area (Å²) in [7, 11) is 0. The standard InChI is InChI=1S/C12H14BrN/c1-10(14-7-2-3-8-14)11-5-4-6-12(13)9-11/h4-6,9H,1-3,7-8H2. The SMILES string of the molecule is C=C(c1cccc(Br)c1)N1CCCC1. The van der Waals surface area contributed by atoms with Crippen LogP contribution < -0.4 is 0 Å². The lowest BCUT2D eigenvalue weighted by Crippen LogP contribution is -2.16. The van der Waals surface area contributed by atoms with Gasteiger partial charge in [-0.3, -0.25) is 0 Å². The van der Waals surface area contributed by atoms with Crippen molar-refractivity contribution < 1.29 is 0 Å². The van der Waals surface area contributed by atoms with E-state index in [1.807, 2.05) is 6.07 Å². The van der Waals surface area contributed by atoms with Gasteiger partial charge in [-0.25, -0.2) is 0 Å². The molecule has 1 aromatic rings. The van der Waals surface area contributed by atoms with Gasteiger partial charge < -0.3 is 4.90 Å². The van der Waals surface area contributed by atoms with Crippen LogP contribution in [0.4, 0.5) is 0 Å². The van der Waals surface area contributed by atoms with Crippen molar-refractivity contribution in [2.75, 3.05) is 13.1 Å². The summed E-state index contributed by atoms with van der Waals surface area (Å²) in [5.41, 5.74) is 2.38. The molecule has 1 saturated heterocycles. The second-order valence-corrected chi connectivity index (χ2v) is 4.57. The first-order valence-electron chi connectivity index (χ1n) is 4.97. The Morgan fingerprint density at radius 1 is 1.29 bits per heavy atom. The fourth-order valence-electron chi connectivity index (χ4n) is 1.84. The first-order valence-corrected chi connectivity index (χ1v) is 5.76. The molecule has 0 aliphatic carbocycles. The molecule has 2 rings (SSSR count). The number of rotatable bonds is 2. The predicted octanol–water partition coefficient (Wildman–Crippen LogP) is 3.52. The molecule has 1 aromatic carbocycles. The molecule has 0 saturated carbocycles. The molecule has 0 N–H and O–H groups in total. The Kier molecular flexibility index (Phi) is 2.92. The highest BCUT2D eigenvalue weighted by atomic mass is 79.9. The second kappa shape index (κ2) is 4.18. The number of nitrogens with zero attached hydrogens (tertiary/aromatic N) is 1. The quantitative estimate of drug-likeness (QED) is 0.778. The molecule has 74 valence electrons. The maximum atomic E-state index is 4.15. The highest BCUT2D eigenvalue weighted by Crippen LogP contribution is 2.24. The summed E-state index contributed by atoms with van der Waals surface area (Å²) in [5.74, 6) is 0. The predicted molar refractivity (Wildman–Crippen MR) is 64.0 cm³/mol. The van der Waals surface area contributed by atoms with Crippen LogP contribution in [-0.2, 0) is 0 Å². The van der Waals surface area contributed by atoms with Crippen molar-refractivity contribution in [2.24, 2.45) is 0 Å². The zero-order valence-electron chi connectivity index (χ0n) is 8.17. The molecule has 0 bridgehead atoms. The van der Waals surface area contributed by atoms with Gasteiger partial charge in [-0.05, 0) is 30.5 Å². The number of halogens is 1. The molecule has 0 aromatic heterocycles. The minimum atomic E-state index is 1.12. The monoisotopic (exact) mass is 251 g/mol. The molecule has 0 spiro atoms. The third kappa shape index (κ3) is 2.01. The van der Waals surface area contributed by atoms with Gasteiger partial charge in [0.15, 0.2) is 0 Å². The average Bonchev–Trinajstić information content (AvgIpc) is 2.69. The molecule has 1 fully saturated rings. The minimum Gasteiger partial charge on any atom is -0.372 e. The van der Waals surface area contributed by atoms with Crippen molar-refractivity contribution in [3.8, 4) is 0 Å². The van der Waals surface area contributed by atoms with Crippen molar-refractivity contribution >= 4 is 21.6 Å². The van der Waals surface area contributed by atoms with E-state index in [1.54, 1.807) is 0 Å². The summed E-state index contributed by atoms with van der Waals surface area (Å²) in [4.78, 5) is 2.36. The highest BCUT2D eigenvalue weighted by molar-refractivity contribution is 9.10. The van der Waals surface area contributed by atoms with E-state index >= 15 is 0 Å². The van der Waals surface area contributed by atoms with E-state index in [9.17, 15) is 0 Å². The first-order chi connectivity index (χ1) is 6.77. The van der Waals surface area contributed by atoms with Crippen LogP contribution in [0.15, 0.2) is 35.3 Å². The molecular weight excluding hydrogens is 238 g/mol. The largest absolute Gasteiger partial charge is 0.372 e. The second-order valence-electron chi connectivity index (χ2n) is 3.65. The summed E-state index contributed by atoms with van der Waals surface area (Å²) in [5, 5.41) is 0. The van der Waals surface area contributed by atoms with Crippen molar-refractivity contribution in [1.29, 1.82) is 0 Å². The van der Waals surface area contributed by atoms with Gasteiger partial charge >= 0.3 is 0 Å². The maximum Gasteiger partial charge on any atom is 0.0367 e. The van der Waals surface area contributed by atoms with Crippen LogP contribution in [-0.4, -0.2) is 18.0 Å². The lowest BCUT2D eigenvalue weighted by atomic mass is 10.1. The zero-order chi connectivity index (χ0) is 9.97. The number of benzene rings is 1. The topological polar surface area (TPSA) is 3.24 Å². The van der Waals surface area contributed by atoms with Crippen molar-refractivity contribution in [1.82, 2.24) is 4.90 Å². The fraction of sp³-hybridized carbons (Fsp3) is 0.333. The van der Waals surface area contributed by atoms with E-state index in [2.05, 4.69) is 45.6 Å². The summed E-state index contributed by atoms with van der Waals surface area (Å²) in [6.07, 6.45) is 2.60. The van der Waals surface area contributed by atoms with Crippen LogP contribution in [0.5, 0.6) is 0 Å². The maximum absolute atomic E-state index is 4.15. The Bertz CT molecular complexity index is 340. The number of hydrogen-bond acceptors (Lipinski definition) is 1. The van der Waals surface area contributed by atoms with Crippen LogP contribution in [0.3, 0.4) is 0 Å². The van der Waals surface area contributed by atoms with Crippen LogP contribution in [0, 0.1) is 0 Å². The van der Waals surface area contributed by atoms with Crippen LogP contribution >= 0.6 is 15.9 Å². The van der Waals surface area contributed by atoms with Gasteiger partial charge in [0.1, 0.15) is 0 Å². The molecule has 0 amide bonds. The van der Waals surface area contributed by atoms with Crippen LogP contribution in [0.2, 0.25) is 0 Å². The first kappa shape index (κ1) is 9.78. The molecule has 1 heterocycles. The normalized spacial score (nSPS) is 15.9. The molecule has 1 nitrogen and oxygen atoms in total. The molecule has 14 heavy (non-hydrogen) atoms. The van der Waals surface area contributed by atoms with Crippen LogP contribution in [0.25, 0.3) is 5.70 Å². The summed E-state index contributed by atoms with van der Waals surface area (Å²) in [6, 6.07) is 8.34. The highest BCUT2D eigenvalue weighted by Gasteiger charge is 2.14. The molecule has 0 unspecified atom stereocenters. The van der Waals surface area contributed by atoms with Gasteiger partial charge in [-0.1, -0.05) is 34.6 Å². The van der Waals surface area contributed by atoms with E-state index in [1.165, 1.54) is 18.4 Å². The fourth-order valence-corrected chi connectivity index (χ4v) is 2.24. The smallest absolute Gasteiger partial charge is 0.0367 e. The molecule has 0 atom stereocenters. The van der Waals surface area contributed by atoms with Crippen molar-refractivity contribution in [3.05, 3.63) is 40.9 Å². The van der Waals surface area contributed by atoms with Gasteiger partial charge in [-0.15, -0.1) is 0 Å². The molecular formula is C12H14BrN. The van der Waals surface area contributed by atoms with E-state index in [0.717, 1.165) is 23.3 Å². The Morgan fingerprint density at radius 2 is 2.00 bits per heavy atom. The molecule has 2 heteroatoms. The van der Waals surface area contributed by atoms with Gasteiger partial charge in [-0.2, -0.15) is 0 Å². The summed E-state index contributed by atoms with van der Waals surface area (Å²) >= 11 is 3.48. The Balaban J connectivity index is 2.17. The van der Waals surface area contributed by atoms with Gasteiger partial charge in [0.05, 0.1) is 0 Å². The van der Waals surface area contributed by atoms with E-state index in [4.69, 9.17) is 0 Å². The summed E-state index contributed by atoms with van der Waals surface area (Å²) in [6.45, 7) is 6.47. The van der Waals surface area contributed by atoms with Crippen molar-refractivity contribution in [3.63, 3.8) is 0 Å². The lowest BCUT2D eigenvalue weighted by molar-refractivity contribution is 0.494. The van der Waals surface area contributed by atoms with Gasteiger partial charge in [0.2, 0.25) is 0 Å². The zero-order valence-corrected chi connectivity index (χ0v) is 9.76. The summed E-state index contributed by atoms with van der Waals surface area (Å²) < 4.78 is 1.12. The molecule has 1 aliphatic heterocycles.